The van der Waals surface area contributed by atoms with Crippen molar-refractivity contribution in [3.05, 3.63) is 0 Å². The van der Waals surface area contributed by atoms with E-state index in [2.05, 4.69) is 5.92 Å². The molecule has 1 rings (SSSR count). The van der Waals surface area contributed by atoms with Crippen LogP contribution in [0, 0.1) is 12.3 Å². The Morgan fingerprint density at radius 2 is 2.36 bits per heavy atom. The zero-order chi connectivity index (χ0) is 8.32. The van der Waals surface area contributed by atoms with Crippen LogP contribution in [-0.2, 0) is 9.53 Å². The standard InChI is InChI=1S/C9H12O2/c1-3-5-9(6-4-7-9)11-8(2)10/h1H,4-7H2,2H3. The van der Waals surface area contributed by atoms with Crippen LogP contribution >= 0.6 is 0 Å². The fourth-order valence-electron chi connectivity index (χ4n) is 1.38. The smallest absolute Gasteiger partial charge is 0.303 e. The van der Waals surface area contributed by atoms with E-state index in [1.807, 2.05) is 0 Å². The van der Waals surface area contributed by atoms with Gasteiger partial charge in [0.15, 0.2) is 0 Å². The van der Waals surface area contributed by atoms with Crippen LogP contribution in [0.1, 0.15) is 32.6 Å². The van der Waals surface area contributed by atoms with E-state index in [4.69, 9.17) is 11.2 Å². The number of rotatable bonds is 2. The lowest BCUT2D eigenvalue weighted by atomic mass is 9.78. The fourth-order valence-corrected chi connectivity index (χ4v) is 1.38. The Bertz CT molecular complexity index is 196. The lowest BCUT2D eigenvalue weighted by Gasteiger charge is -2.39. The van der Waals surface area contributed by atoms with Crippen molar-refractivity contribution >= 4 is 5.97 Å². The van der Waals surface area contributed by atoms with Gasteiger partial charge in [0, 0.05) is 13.3 Å². The second-order valence-corrected chi connectivity index (χ2v) is 3.01. The molecule has 0 amide bonds. The van der Waals surface area contributed by atoms with Crippen LogP contribution in [0.15, 0.2) is 0 Å². The van der Waals surface area contributed by atoms with Crippen LogP contribution in [0.3, 0.4) is 0 Å². The number of carbonyl (C=O) groups is 1. The van der Waals surface area contributed by atoms with Gasteiger partial charge in [-0.25, -0.2) is 0 Å². The van der Waals surface area contributed by atoms with E-state index in [0.717, 1.165) is 19.3 Å². The first kappa shape index (κ1) is 8.13. The minimum Gasteiger partial charge on any atom is -0.458 e. The summed E-state index contributed by atoms with van der Waals surface area (Å²) in [6.45, 7) is 1.43. The molecular weight excluding hydrogens is 140 g/mol. The number of esters is 1. The van der Waals surface area contributed by atoms with Crippen molar-refractivity contribution in [1.82, 2.24) is 0 Å². The van der Waals surface area contributed by atoms with Gasteiger partial charge in [0.2, 0.25) is 0 Å². The molecule has 0 radical (unpaired) electrons. The van der Waals surface area contributed by atoms with Crippen molar-refractivity contribution in [2.24, 2.45) is 0 Å². The summed E-state index contributed by atoms with van der Waals surface area (Å²) in [5, 5.41) is 0. The minimum atomic E-state index is -0.291. The highest BCUT2D eigenvalue weighted by atomic mass is 16.6. The van der Waals surface area contributed by atoms with Crippen molar-refractivity contribution in [3.63, 3.8) is 0 Å². The maximum atomic E-state index is 10.6. The molecule has 0 spiro atoms. The second kappa shape index (κ2) is 2.96. The molecule has 0 aromatic rings. The first-order valence-electron chi connectivity index (χ1n) is 3.82. The highest BCUT2D eigenvalue weighted by Gasteiger charge is 2.39. The lowest BCUT2D eigenvalue weighted by molar-refractivity contribution is -0.165. The Kier molecular flexibility index (Phi) is 2.19. The van der Waals surface area contributed by atoms with E-state index in [1.54, 1.807) is 0 Å². The molecule has 60 valence electrons. The molecule has 1 saturated carbocycles. The molecule has 0 unspecified atom stereocenters. The van der Waals surface area contributed by atoms with E-state index >= 15 is 0 Å². The number of hydrogen-bond acceptors (Lipinski definition) is 2. The molecule has 1 fully saturated rings. The monoisotopic (exact) mass is 152 g/mol. The first-order chi connectivity index (χ1) is 5.18. The molecule has 0 N–H and O–H groups in total. The quantitative estimate of drug-likeness (QED) is 0.442. The van der Waals surface area contributed by atoms with Gasteiger partial charge in [-0.3, -0.25) is 4.79 Å². The molecule has 0 atom stereocenters. The van der Waals surface area contributed by atoms with Crippen molar-refractivity contribution in [2.45, 2.75) is 38.2 Å². The third kappa shape index (κ3) is 1.74. The summed E-state index contributed by atoms with van der Waals surface area (Å²) in [4.78, 5) is 10.6. The minimum absolute atomic E-state index is 0.222. The Labute approximate surface area is 66.9 Å². The van der Waals surface area contributed by atoms with Gasteiger partial charge >= 0.3 is 5.97 Å². The largest absolute Gasteiger partial charge is 0.458 e. The van der Waals surface area contributed by atoms with Crippen molar-refractivity contribution in [1.29, 1.82) is 0 Å². The van der Waals surface area contributed by atoms with Gasteiger partial charge < -0.3 is 4.74 Å². The molecule has 0 aromatic carbocycles. The summed E-state index contributed by atoms with van der Waals surface area (Å²) >= 11 is 0. The Morgan fingerprint density at radius 3 is 2.64 bits per heavy atom. The summed E-state index contributed by atoms with van der Waals surface area (Å²) in [7, 11) is 0. The normalized spacial score (nSPS) is 19.6. The maximum absolute atomic E-state index is 10.6. The fraction of sp³-hybridized carbons (Fsp3) is 0.667. The van der Waals surface area contributed by atoms with Gasteiger partial charge in [0.25, 0.3) is 0 Å². The van der Waals surface area contributed by atoms with E-state index in [1.165, 1.54) is 6.92 Å². The summed E-state index contributed by atoms with van der Waals surface area (Å²) in [5.41, 5.74) is -0.291. The van der Waals surface area contributed by atoms with Gasteiger partial charge in [-0.15, -0.1) is 12.3 Å². The third-order valence-corrected chi connectivity index (χ3v) is 2.05. The second-order valence-electron chi connectivity index (χ2n) is 3.01. The number of terminal acetylenes is 1. The number of hydrogen-bond donors (Lipinski definition) is 0. The van der Waals surface area contributed by atoms with E-state index in [0.29, 0.717) is 6.42 Å². The molecule has 0 aromatic heterocycles. The highest BCUT2D eigenvalue weighted by Crippen LogP contribution is 2.38. The Morgan fingerprint density at radius 1 is 1.73 bits per heavy atom. The van der Waals surface area contributed by atoms with Gasteiger partial charge in [0.1, 0.15) is 5.60 Å². The molecule has 2 heteroatoms. The molecule has 0 saturated heterocycles. The number of carbonyl (C=O) groups excluding carboxylic acids is 1. The van der Waals surface area contributed by atoms with E-state index in [9.17, 15) is 4.79 Å². The molecule has 0 bridgehead atoms. The van der Waals surface area contributed by atoms with E-state index in [-0.39, 0.29) is 11.6 Å². The van der Waals surface area contributed by atoms with Crippen molar-refractivity contribution in [3.8, 4) is 12.3 Å². The molecular formula is C9H12O2. The van der Waals surface area contributed by atoms with Crippen LogP contribution < -0.4 is 0 Å². The van der Waals surface area contributed by atoms with Crippen LogP contribution in [0.25, 0.3) is 0 Å². The Balaban J connectivity index is 2.48. The molecule has 2 nitrogen and oxygen atoms in total. The molecule has 1 aliphatic carbocycles. The zero-order valence-corrected chi connectivity index (χ0v) is 6.72. The molecule has 11 heavy (non-hydrogen) atoms. The van der Waals surface area contributed by atoms with Gasteiger partial charge in [-0.05, 0) is 19.3 Å². The zero-order valence-electron chi connectivity index (χ0n) is 6.72. The highest BCUT2D eigenvalue weighted by molar-refractivity contribution is 5.66. The molecule has 1 aliphatic rings. The van der Waals surface area contributed by atoms with Crippen molar-refractivity contribution in [2.75, 3.05) is 0 Å². The van der Waals surface area contributed by atoms with Gasteiger partial charge in [0.05, 0.1) is 0 Å². The predicted octanol–water partition coefficient (Wildman–Crippen LogP) is 1.50. The Hall–Kier alpha value is -0.970. The predicted molar refractivity (Wildman–Crippen MR) is 41.8 cm³/mol. The molecule has 0 heterocycles. The van der Waals surface area contributed by atoms with E-state index < -0.39 is 0 Å². The summed E-state index contributed by atoms with van der Waals surface area (Å²) < 4.78 is 5.13. The summed E-state index contributed by atoms with van der Waals surface area (Å²) in [5.74, 6) is 2.32. The van der Waals surface area contributed by atoms with Crippen LogP contribution in [-0.4, -0.2) is 11.6 Å². The van der Waals surface area contributed by atoms with Crippen molar-refractivity contribution < 1.29 is 9.53 Å². The third-order valence-electron chi connectivity index (χ3n) is 2.05. The summed E-state index contributed by atoms with van der Waals surface area (Å²) in [6, 6.07) is 0. The SMILES string of the molecule is C#CCC1(OC(C)=O)CCC1. The summed E-state index contributed by atoms with van der Waals surface area (Å²) in [6.07, 6.45) is 8.70. The lowest BCUT2D eigenvalue weighted by Crippen LogP contribution is -2.41. The van der Waals surface area contributed by atoms with Crippen LogP contribution in [0.2, 0.25) is 0 Å². The maximum Gasteiger partial charge on any atom is 0.303 e. The first-order valence-corrected chi connectivity index (χ1v) is 3.82. The van der Waals surface area contributed by atoms with Gasteiger partial charge in [-0.1, -0.05) is 0 Å². The van der Waals surface area contributed by atoms with Gasteiger partial charge in [-0.2, -0.15) is 0 Å². The van der Waals surface area contributed by atoms with Crippen LogP contribution in [0.4, 0.5) is 0 Å². The topological polar surface area (TPSA) is 26.3 Å². The average molecular weight is 152 g/mol. The van der Waals surface area contributed by atoms with Crippen LogP contribution in [0.5, 0.6) is 0 Å². The molecule has 0 aliphatic heterocycles. The number of ether oxygens (including phenoxy) is 1. The average Bonchev–Trinajstić information content (AvgIpc) is 1.82.